The third-order valence-corrected chi connectivity index (χ3v) is 4.20. The molecule has 0 aliphatic carbocycles. The van der Waals surface area contributed by atoms with Crippen LogP contribution in [0.2, 0.25) is 0 Å². The van der Waals surface area contributed by atoms with Crippen LogP contribution in [0.4, 0.5) is 0 Å². The summed E-state index contributed by atoms with van der Waals surface area (Å²) in [6.45, 7) is 4.94. The Bertz CT molecular complexity index is 566. The first-order valence-electron chi connectivity index (χ1n) is 6.90. The molecule has 2 rings (SSSR count). The summed E-state index contributed by atoms with van der Waals surface area (Å²) < 4.78 is 0.733. The summed E-state index contributed by atoms with van der Waals surface area (Å²) in [5.74, 6) is 0.313. The van der Waals surface area contributed by atoms with Crippen molar-refractivity contribution < 1.29 is 5.11 Å². The molecule has 2 nitrogen and oxygen atoms in total. The Labute approximate surface area is 129 Å². The highest BCUT2D eigenvalue weighted by molar-refractivity contribution is 9.10. The van der Waals surface area contributed by atoms with Crippen LogP contribution < -0.4 is 5.32 Å². The Morgan fingerprint density at radius 2 is 1.85 bits per heavy atom. The van der Waals surface area contributed by atoms with Gasteiger partial charge in [-0.3, -0.25) is 0 Å². The lowest BCUT2D eigenvalue weighted by Crippen LogP contribution is -2.18. The van der Waals surface area contributed by atoms with Gasteiger partial charge in [0.25, 0.3) is 0 Å². The molecule has 0 saturated carbocycles. The van der Waals surface area contributed by atoms with E-state index in [9.17, 15) is 5.11 Å². The second kappa shape index (κ2) is 6.91. The molecule has 0 amide bonds. The van der Waals surface area contributed by atoms with Gasteiger partial charge in [-0.15, -0.1) is 0 Å². The molecule has 0 spiro atoms. The summed E-state index contributed by atoms with van der Waals surface area (Å²) in [7, 11) is 0. The van der Waals surface area contributed by atoms with E-state index >= 15 is 0 Å². The van der Waals surface area contributed by atoms with Gasteiger partial charge in [-0.25, -0.2) is 0 Å². The second-order valence-electron chi connectivity index (χ2n) is 4.95. The smallest absolute Gasteiger partial charge is 0.134 e. The Hall–Kier alpha value is -1.32. The Morgan fingerprint density at radius 1 is 1.15 bits per heavy atom. The quantitative estimate of drug-likeness (QED) is 0.840. The molecule has 3 heteroatoms. The first kappa shape index (κ1) is 15.1. The third-order valence-electron chi connectivity index (χ3n) is 3.56. The number of hydrogen-bond acceptors (Lipinski definition) is 2. The van der Waals surface area contributed by atoms with E-state index in [2.05, 4.69) is 59.4 Å². The first-order valence-corrected chi connectivity index (χ1v) is 7.69. The Morgan fingerprint density at radius 3 is 2.50 bits per heavy atom. The van der Waals surface area contributed by atoms with Gasteiger partial charge in [-0.2, -0.15) is 0 Å². The van der Waals surface area contributed by atoms with Crippen LogP contribution in [0.25, 0.3) is 0 Å². The molecule has 0 aromatic heterocycles. The lowest BCUT2D eigenvalue weighted by atomic mass is 10.0. The van der Waals surface area contributed by atoms with Gasteiger partial charge in [0.1, 0.15) is 5.75 Å². The average Bonchev–Trinajstić information content (AvgIpc) is 2.48. The average molecular weight is 334 g/mol. The normalized spacial score (nSPS) is 12.3. The van der Waals surface area contributed by atoms with Crippen LogP contribution in [0, 0.1) is 0 Å². The number of phenolic OH excluding ortho intramolecular Hbond substituents is 1. The molecule has 1 unspecified atom stereocenters. The molecular formula is C17H20BrNO. The summed E-state index contributed by atoms with van der Waals surface area (Å²) in [4.78, 5) is 0. The number of halogens is 1. The summed E-state index contributed by atoms with van der Waals surface area (Å²) in [5.41, 5.74) is 3.51. The van der Waals surface area contributed by atoms with Gasteiger partial charge in [0.15, 0.2) is 0 Å². The van der Waals surface area contributed by atoms with E-state index < -0.39 is 0 Å². The van der Waals surface area contributed by atoms with Crippen molar-refractivity contribution in [3.05, 3.63) is 63.6 Å². The zero-order valence-corrected chi connectivity index (χ0v) is 13.4. The predicted octanol–water partition coefficient (Wildman–Crippen LogP) is 4.57. The van der Waals surface area contributed by atoms with Gasteiger partial charge in [-0.05, 0) is 46.5 Å². The molecular weight excluding hydrogens is 314 g/mol. The fraction of sp³-hybridized carbons (Fsp3) is 0.294. The monoisotopic (exact) mass is 333 g/mol. The molecule has 0 radical (unpaired) electrons. The van der Waals surface area contributed by atoms with Crippen molar-refractivity contribution in [2.45, 2.75) is 32.9 Å². The number of aromatic hydroxyl groups is 1. The van der Waals surface area contributed by atoms with Gasteiger partial charge in [0, 0.05) is 18.2 Å². The van der Waals surface area contributed by atoms with Gasteiger partial charge in [0.05, 0.1) is 4.47 Å². The fourth-order valence-electron chi connectivity index (χ4n) is 2.13. The van der Waals surface area contributed by atoms with Crippen molar-refractivity contribution in [1.29, 1.82) is 0 Å². The van der Waals surface area contributed by atoms with Crippen LogP contribution in [0.3, 0.4) is 0 Å². The van der Waals surface area contributed by atoms with E-state index in [1.807, 2.05) is 18.2 Å². The second-order valence-corrected chi connectivity index (χ2v) is 5.80. The van der Waals surface area contributed by atoms with Crippen LogP contribution in [-0.2, 0) is 13.0 Å². The molecule has 2 aromatic rings. The minimum absolute atomic E-state index is 0.249. The summed E-state index contributed by atoms with van der Waals surface area (Å²) in [6.07, 6.45) is 1.06. The van der Waals surface area contributed by atoms with Crippen molar-refractivity contribution in [3.63, 3.8) is 0 Å². The maximum atomic E-state index is 9.96. The first-order chi connectivity index (χ1) is 9.61. The van der Waals surface area contributed by atoms with Crippen molar-refractivity contribution in [1.82, 2.24) is 5.32 Å². The Kier molecular flexibility index (Phi) is 5.21. The van der Waals surface area contributed by atoms with E-state index in [-0.39, 0.29) is 6.04 Å². The van der Waals surface area contributed by atoms with Gasteiger partial charge in [0.2, 0.25) is 0 Å². The van der Waals surface area contributed by atoms with Crippen LogP contribution in [0.15, 0.2) is 46.9 Å². The standard InChI is InChI=1S/C17H20BrNO/c1-3-13-7-9-14(10-8-13)12(2)19-11-15-5-4-6-16(18)17(15)20/h4-10,12,19-20H,3,11H2,1-2H3. The maximum absolute atomic E-state index is 9.96. The minimum atomic E-state index is 0.249. The van der Waals surface area contributed by atoms with E-state index in [0.717, 1.165) is 16.5 Å². The molecule has 106 valence electrons. The Balaban J connectivity index is 2.00. The molecule has 1 atom stereocenters. The summed E-state index contributed by atoms with van der Waals surface area (Å²) in [5, 5.41) is 13.4. The van der Waals surface area contributed by atoms with Crippen molar-refractivity contribution in [3.8, 4) is 5.75 Å². The highest BCUT2D eigenvalue weighted by atomic mass is 79.9. The van der Waals surface area contributed by atoms with Gasteiger partial charge >= 0.3 is 0 Å². The summed E-state index contributed by atoms with van der Waals surface area (Å²) in [6, 6.07) is 14.6. The van der Waals surface area contributed by atoms with Gasteiger partial charge in [-0.1, -0.05) is 43.3 Å². The lowest BCUT2D eigenvalue weighted by molar-refractivity contribution is 0.457. The van der Waals surface area contributed by atoms with E-state index in [4.69, 9.17) is 0 Å². The fourth-order valence-corrected chi connectivity index (χ4v) is 2.53. The number of para-hydroxylation sites is 1. The number of rotatable bonds is 5. The highest BCUT2D eigenvalue weighted by Gasteiger charge is 2.08. The SMILES string of the molecule is CCc1ccc(C(C)NCc2cccc(Br)c2O)cc1. The van der Waals surface area contributed by atoms with Crippen molar-refractivity contribution in [2.24, 2.45) is 0 Å². The molecule has 0 heterocycles. The molecule has 0 bridgehead atoms. The van der Waals surface area contributed by atoms with E-state index in [1.54, 1.807) is 0 Å². The predicted molar refractivity (Wildman–Crippen MR) is 86.9 cm³/mol. The minimum Gasteiger partial charge on any atom is -0.506 e. The maximum Gasteiger partial charge on any atom is 0.134 e. The number of phenols is 1. The largest absolute Gasteiger partial charge is 0.506 e. The number of benzene rings is 2. The third kappa shape index (κ3) is 3.62. The van der Waals surface area contributed by atoms with Crippen LogP contribution in [-0.4, -0.2) is 5.11 Å². The van der Waals surface area contributed by atoms with Crippen LogP contribution in [0.5, 0.6) is 5.75 Å². The number of nitrogens with one attached hydrogen (secondary N) is 1. The summed E-state index contributed by atoms with van der Waals surface area (Å²) >= 11 is 3.34. The van der Waals surface area contributed by atoms with E-state index in [0.29, 0.717) is 12.3 Å². The molecule has 0 saturated heterocycles. The number of hydrogen-bond donors (Lipinski definition) is 2. The van der Waals surface area contributed by atoms with Gasteiger partial charge < -0.3 is 10.4 Å². The zero-order chi connectivity index (χ0) is 14.5. The van der Waals surface area contributed by atoms with Crippen LogP contribution >= 0.6 is 15.9 Å². The van der Waals surface area contributed by atoms with Crippen molar-refractivity contribution >= 4 is 15.9 Å². The van der Waals surface area contributed by atoms with Crippen LogP contribution in [0.1, 0.15) is 36.6 Å². The zero-order valence-electron chi connectivity index (χ0n) is 11.9. The topological polar surface area (TPSA) is 32.3 Å². The molecule has 0 fully saturated rings. The molecule has 0 aliphatic rings. The highest BCUT2D eigenvalue weighted by Crippen LogP contribution is 2.27. The van der Waals surface area contributed by atoms with Crippen molar-refractivity contribution in [2.75, 3.05) is 0 Å². The number of aryl methyl sites for hydroxylation is 1. The molecule has 2 aromatic carbocycles. The molecule has 20 heavy (non-hydrogen) atoms. The molecule has 0 aliphatic heterocycles. The van der Waals surface area contributed by atoms with E-state index in [1.165, 1.54) is 11.1 Å². The lowest BCUT2D eigenvalue weighted by Gasteiger charge is -2.15. The molecule has 2 N–H and O–H groups in total.